The standard InChI is InChI=1S/C13H16N4O3/c1-2-20-12(18)7-8-14-9-17-13(19)10-5-3-4-6-11(10)15-16-17/h3-6,14H,2,7-9H2,1H3. The van der Waals surface area contributed by atoms with E-state index in [2.05, 4.69) is 15.6 Å². The van der Waals surface area contributed by atoms with E-state index in [0.717, 1.165) is 0 Å². The Hall–Kier alpha value is -2.28. The normalized spacial score (nSPS) is 10.7. The minimum absolute atomic E-state index is 0.204. The third-order valence-corrected chi connectivity index (χ3v) is 2.70. The van der Waals surface area contributed by atoms with Gasteiger partial charge in [-0.05, 0) is 19.1 Å². The van der Waals surface area contributed by atoms with Crippen LogP contribution in [0.4, 0.5) is 0 Å². The molecule has 0 amide bonds. The summed E-state index contributed by atoms with van der Waals surface area (Å²) < 4.78 is 6.03. The molecule has 1 aromatic heterocycles. The maximum absolute atomic E-state index is 12.1. The van der Waals surface area contributed by atoms with Crippen molar-refractivity contribution in [2.75, 3.05) is 13.2 Å². The highest BCUT2D eigenvalue weighted by molar-refractivity contribution is 5.76. The molecular formula is C13H16N4O3. The minimum atomic E-state index is -0.267. The van der Waals surface area contributed by atoms with Crippen molar-refractivity contribution in [1.29, 1.82) is 0 Å². The highest BCUT2D eigenvalue weighted by Crippen LogP contribution is 2.02. The molecule has 0 radical (unpaired) electrons. The van der Waals surface area contributed by atoms with Crippen molar-refractivity contribution in [3.05, 3.63) is 34.6 Å². The molecule has 0 fully saturated rings. The number of nitrogens with zero attached hydrogens (tertiary/aromatic N) is 3. The van der Waals surface area contributed by atoms with E-state index in [0.29, 0.717) is 24.1 Å². The third-order valence-electron chi connectivity index (χ3n) is 2.70. The maximum atomic E-state index is 12.1. The second-order valence-corrected chi connectivity index (χ2v) is 4.12. The lowest BCUT2D eigenvalue weighted by molar-refractivity contribution is -0.143. The predicted molar refractivity (Wildman–Crippen MR) is 73.1 cm³/mol. The maximum Gasteiger partial charge on any atom is 0.307 e. The van der Waals surface area contributed by atoms with Gasteiger partial charge in [-0.3, -0.25) is 14.9 Å². The van der Waals surface area contributed by atoms with Crippen LogP contribution >= 0.6 is 0 Å². The first-order valence-electron chi connectivity index (χ1n) is 6.41. The summed E-state index contributed by atoms with van der Waals surface area (Å²) in [6, 6.07) is 7.03. The van der Waals surface area contributed by atoms with Gasteiger partial charge in [-0.25, -0.2) is 0 Å². The molecule has 0 aliphatic rings. The van der Waals surface area contributed by atoms with Gasteiger partial charge in [0.1, 0.15) is 5.52 Å². The zero-order valence-electron chi connectivity index (χ0n) is 11.2. The minimum Gasteiger partial charge on any atom is -0.466 e. The van der Waals surface area contributed by atoms with Crippen molar-refractivity contribution in [2.45, 2.75) is 20.0 Å². The van der Waals surface area contributed by atoms with E-state index in [-0.39, 0.29) is 24.6 Å². The zero-order valence-corrected chi connectivity index (χ0v) is 11.2. The molecule has 0 spiro atoms. The number of hydrogen-bond donors (Lipinski definition) is 1. The summed E-state index contributed by atoms with van der Waals surface area (Å²) in [6.45, 7) is 2.75. The first-order chi connectivity index (χ1) is 9.72. The van der Waals surface area contributed by atoms with Crippen LogP contribution < -0.4 is 10.9 Å². The summed E-state index contributed by atoms with van der Waals surface area (Å²) in [5.74, 6) is -0.267. The van der Waals surface area contributed by atoms with E-state index in [9.17, 15) is 9.59 Å². The summed E-state index contributed by atoms with van der Waals surface area (Å²) in [6.07, 6.45) is 0.254. The van der Waals surface area contributed by atoms with Crippen molar-refractivity contribution in [3.8, 4) is 0 Å². The van der Waals surface area contributed by atoms with E-state index in [1.807, 2.05) is 0 Å². The van der Waals surface area contributed by atoms with Crippen LogP contribution in [-0.4, -0.2) is 34.1 Å². The Labute approximate surface area is 115 Å². The number of fused-ring (bicyclic) bond motifs is 1. The molecule has 0 aliphatic heterocycles. The zero-order chi connectivity index (χ0) is 14.4. The van der Waals surface area contributed by atoms with Crippen molar-refractivity contribution in [1.82, 2.24) is 20.3 Å². The van der Waals surface area contributed by atoms with Crippen LogP contribution in [0.2, 0.25) is 0 Å². The molecule has 0 atom stereocenters. The lowest BCUT2D eigenvalue weighted by atomic mass is 10.2. The van der Waals surface area contributed by atoms with Gasteiger partial charge in [0, 0.05) is 6.54 Å². The van der Waals surface area contributed by atoms with Crippen LogP contribution in [0, 0.1) is 0 Å². The number of aromatic nitrogens is 3. The lowest BCUT2D eigenvalue weighted by Gasteiger charge is -2.06. The Morgan fingerprint density at radius 1 is 1.40 bits per heavy atom. The van der Waals surface area contributed by atoms with Gasteiger partial charge >= 0.3 is 5.97 Å². The molecule has 0 saturated carbocycles. The summed E-state index contributed by atoms with van der Waals surface area (Å²) in [7, 11) is 0. The number of carbonyl (C=O) groups excluding carboxylic acids is 1. The monoisotopic (exact) mass is 276 g/mol. The summed E-state index contributed by atoms with van der Waals surface area (Å²) in [4.78, 5) is 23.2. The van der Waals surface area contributed by atoms with Gasteiger partial charge in [0.05, 0.1) is 25.1 Å². The van der Waals surface area contributed by atoms with Gasteiger partial charge in [0.25, 0.3) is 5.56 Å². The molecule has 7 heteroatoms. The highest BCUT2D eigenvalue weighted by atomic mass is 16.5. The molecule has 2 rings (SSSR count). The molecule has 0 bridgehead atoms. The Bertz CT molecular complexity index is 653. The quantitative estimate of drug-likeness (QED) is 0.603. The number of hydrogen-bond acceptors (Lipinski definition) is 6. The van der Waals surface area contributed by atoms with Crippen molar-refractivity contribution in [2.24, 2.45) is 0 Å². The van der Waals surface area contributed by atoms with Crippen molar-refractivity contribution >= 4 is 16.9 Å². The van der Waals surface area contributed by atoms with Gasteiger partial charge in [-0.2, -0.15) is 4.68 Å². The Morgan fingerprint density at radius 2 is 2.20 bits per heavy atom. The smallest absolute Gasteiger partial charge is 0.307 e. The molecule has 0 aliphatic carbocycles. The number of carbonyl (C=O) groups is 1. The molecular weight excluding hydrogens is 260 g/mol. The molecule has 0 saturated heterocycles. The number of ether oxygens (including phenoxy) is 1. The summed E-state index contributed by atoms with van der Waals surface area (Å²) in [5, 5.41) is 11.3. The molecule has 1 aromatic carbocycles. The number of rotatable bonds is 6. The molecule has 1 N–H and O–H groups in total. The van der Waals surface area contributed by atoms with Gasteiger partial charge < -0.3 is 4.74 Å². The summed E-state index contributed by atoms with van der Waals surface area (Å²) in [5.41, 5.74) is 0.361. The topological polar surface area (TPSA) is 86.1 Å². The first kappa shape index (κ1) is 14.1. The van der Waals surface area contributed by atoms with Crippen LogP contribution in [0.3, 0.4) is 0 Å². The SMILES string of the molecule is CCOC(=O)CCNCn1nnc2ccccc2c1=O. The largest absolute Gasteiger partial charge is 0.466 e. The second kappa shape index (κ2) is 6.76. The second-order valence-electron chi connectivity index (χ2n) is 4.12. The summed E-state index contributed by atoms with van der Waals surface area (Å²) >= 11 is 0. The Morgan fingerprint density at radius 3 is 3.00 bits per heavy atom. The Balaban J connectivity index is 1.95. The number of benzene rings is 1. The highest BCUT2D eigenvalue weighted by Gasteiger charge is 2.05. The van der Waals surface area contributed by atoms with E-state index in [1.165, 1.54) is 4.68 Å². The lowest BCUT2D eigenvalue weighted by Crippen LogP contribution is -2.32. The van der Waals surface area contributed by atoms with E-state index in [4.69, 9.17) is 4.74 Å². The molecule has 106 valence electrons. The molecule has 0 unspecified atom stereocenters. The molecule has 2 aromatic rings. The predicted octanol–water partition coefficient (Wildman–Crippen LogP) is 0.292. The molecule has 1 heterocycles. The third kappa shape index (κ3) is 3.39. The average Bonchev–Trinajstić information content (AvgIpc) is 2.46. The van der Waals surface area contributed by atoms with Crippen LogP contribution in [0.25, 0.3) is 10.9 Å². The van der Waals surface area contributed by atoms with Gasteiger partial charge in [0.15, 0.2) is 0 Å². The van der Waals surface area contributed by atoms with E-state index < -0.39 is 0 Å². The molecule has 7 nitrogen and oxygen atoms in total. The van der Waals surface area contributed by atoms with E-state index in [1.54, 1.807) is 31.2 Å². The fourth-order valence-corrected chi connectivity index (χ4v) is 1.74. The average molecular weight is 276 g/mol. The molecule has 20 heavy (non-hydrogen) atoms. The fraction of sp³-hybridized carbons (Fsp3) is 0.385. The number of esters is 1. The fourth-order valence-electron chi connectivity index (χ4n) is 1.74. The van der Waals surface area contributed by atoms with Crippen LogP contribution in [0.15, 0.2) is 29.1 Å². The first-order valence-corrected chi connectivity index (χ1v) is 6.41. The van der Waals surface area contributed by atoms with Crippen LogP contribution in [0.1, 0.15) is 13.3 Å². The van der Waals surface area contributed by atoms with Gasteiger partial charge in [0.2, 0.25) is 0 Å². The Kier molecular flexibility index (Phi) is 4.78. The van der Waals surface area contributed by atoms with Crippen molar-refractivity contribution in [3.63, 3.8) is 0 Å². The van der Waals surface area contributed by atoms with E-state index >= 15 is 0 Å². The van der Waals surface area contributed by atoms with Crippen molar-refractivity contribution < 1.29 is 9.53 Å². The number of nitrogens with one attached hydrogen (secondary N) is 1. The van der Waals surface area contributed by atoms with Gasteiger partial charge in [-0.1, -0.05) is 17.3 Å². The van der Waals surface area contributed by atoms with Gasteiger partial charge in [-0.15, -0.1) is 5.10 Å². The van der Waals surface area contributed by atoms with Crippen LogP contribution in [-0.2, 0) is 16.2 Å². The van der Waals surface area contributed by atoms with Crippen LogP contribution in [0.5, 0.6) is 0 Å².